The summed E-state index contributed by atoms with van der Waals surface area (Å²) in [5.74, 6) is -0.0180. The molecule has 1 aliphatic heterocycles. The number of fused-ring (bicyclic) bond motifs is 1. The molecule has 0 atom stereocenters. The predicted molar refractivity (Wildman–Crippen MR) is 95.2 cm³/mol. The molecule has 128 valence electrons. The molecule has 0 unspecified atom stereocenters. The van der Waals surface area contributed by atoms with Gasteiger partial charge in [-0.2, -0.15) is 0 Å². The first-order chi connectivity index (χ1) is 12.2. The van der Waals surface area contributed by atoms with Gasteiger partial charge in [0, 0.05) is 17.2 Å². The van der Waals surface area contributed by atoms with E-state index in [2.05, 4.69) is 0 Å². The monoisotopic (exact) mass is 337 g/mol. The summed E-state index contributed by atoms with van der Waals surface area (Å²) in [4.78, 5) is 26.4. The van der Waals surface area contributed by atoms with Crippen LogP contribution in [0.4, 0.5) is 5.69 Å². The maximum absolute atomic E-state index is 12.9. The zero-order valence-electron chi connectivity index (χ0n) is 14.2. The third kappa shape index (κ3) is 3.26. The molecule has 0 aromatic heterocycles. The molecule has 0 radical (unpaired) electrons. The molecule has 1 heterocycles. The van der Waals surface area contributed by atoms with Gasteiger partial charge in [-0.1, -0.05) is 36.4 Å². The number of amides is 1. The number of para-hydroxylation sites is 2. The van der Waals surface area contributed by atoms with Crippen LogP contribution in [-0.4, -0.2) is 25.6 Å². The van der Waals surface area contributed by atoms with Gasteiger partial charge < -0.3 is 14.4 Å². The van der Waals surface area contributed by atoms with Crippen LogP contribution < -0.4 is 9.64 Å². The van der Waals surface area contributed by atoms with Gasteiger partial charge in [0.2, 0.25) is 0 Å². The Bertz CT molecular complexity index is 841. The normalized spacial score (nSPS) is 14.6. The molecule has 5 heteroatoms. The lowest BCUT2D eigenvalue weighted by molar-refractivity contribution is -0.137. The second-order valence-corrected chi connectivity index (χ2v) is 5.53. The fraction of sp³-hybridized carbons (Fsp3) is 0.200. The Hall–Kier alpha value is -3.08. The van der Waals surface area contributed by atoms with E-state index in [0.29, 0.717) is 12.1 Å². The van der Waals surface area contributed by atoms with E-state index >= 15 is 0 Å². The van der Waals surface area contributed by atoms with E-state index in [1.54, 1.807) is 18.9 Å². The summed E-state index contributed by atoms with van der Waals surface area (Å²) in [7, 11) is 1.60. The van der Waals surface area contributed by atoms with Crippen molar-refractivity contribution in [1.82, 2.24) is 0 Å². The van der Waals surface area contributed by atoms with Gasteiger partial charge in [0.25, 0.3) is 5.91 Å². The SMILES string of the molecule is CCOC(=O)/C=C1/C(=O)N(Cc2ccccc2OC)c2ccccc21. The van der Waals surface area contributed by atoms with Crippen LogP contribution in [0.25, 0.3) is 5.57 Å². The lowest BCUT2D eigenvalue weighted by atomic mass is 10.1. The number of benzene rings is 2. The maximum atomic E-state index is 12.9. The first kappa shape index (κ1) is 16.8. The molecule has 0 saturated carbocycles. The van der Waals surface area contributed by atoms with Crippen molar-refractivity contribution in [1.29, 1.82) is 0 Å². The average Bonchev–Trinajstić information content (AvgIpc) is 2.88. The first-order valence-corrected chi connectivity index (χ1v) is 8.07. The second kappa shape index (κ2) is 7.21. The number of esters is 1. The van der Waals surface area contributed by atoms with Crippen LogP contribution in [0.3, 0.4) is 0 Å². The van der Waals surface area contributed by atoms with E-state index in [1.165, 1.54) is 6.08 Å². The van der Waals surface area contributed by atoms with E-state index < -0.39 is 5.97 Å². The highest BCUT2D eigenvalue weighted by Gasteiger charge is 2.33. The second-order valence-electron chi connectivity index (χ2n) is 5.53. The minimum absolute atomic E-state index is 0.222. The maximum Gasteiger partial charge on any atom is 0.331 e. The van der Waals surface area contributed by atoms with E-state index in [4.69, 9.17) is 9.47 Å². The zero-order chi connectivity index (χ0) is 17.8. The first-order valence-electron chi connectivity index (χ1n) is 8.07. The van der Waals surface area contributed by atoms with Crippen molar-refractivity contribution in [2.75, 3.05) is 18.6 Å². The molecule has 0 N–H and O–H groups in total. The van der Waals surface area contributed by atoms with Crippen LogP contribution in [0.2, 0.25) is 0 Å². The molecule has 0 saturated heterocycles. The molecule has 1 aliphatic rings. The number of rotatable bonds is 5. The number of ether oxygens (including phenoxy) is 2. The molecule has 2 aromatic rings. The minimum atomic E-state index is -0.514. The molecule has 25 heavy (non-hydrogen) atoms. The summed E-state index contributed by atoms with van der Waals surface area (Å²) in [6.07, 6.45) is 1.27. The van der Waals surface area contributed by atoms with Gasteiger partial charge in [-0.05, 0) is 19.1 Å². The van der Waals surface area contributed by atoms with Crippen LogP contribution >= 0.6 is 0 Å². The minimum Gasteiger partial charge on any atom is -0.496 e. The van der Waals surface area contributed by atoms with Crippen LogP contribution in [0.1, 0.15) is 18.1 Å². The fourth-order valence-electron chi connectivity index (χ4n) is 2.91. The van der Waals surface area contributed by atoms with E-state index in [9.17, 15) is 9.59 Å². The highest BCUT2D eigenvalue weighted by atomic mass is 16.5. The van der Waals surface area contributed by atoms with Gasteiger partial charge in [0.1, 0.15) is 5.75 Å². The van der Waals surface area contributed by atoms with Gasteiger partial charge in [0.05, 0.1) is 31.5 Å². The van der Waals surface area contributed by atoms with Crippen molar-refractivity contribution in [2.45, 2.75) is 13.5 Å². The Kier molecular flexibility index (Phi) is 4.84. The fourth-order valence-corrected chi connectivity index (χ4v) is 2.91. The molecule has 3 rings (SSSR count). The van der Waals surface area contributed by atoms with Gasteiger partial charge in [-0.25, -0.2) is 4.79 Å². The number of nitrogens with zero attached hydrogens (tertiary/aromatic N) is 1. The van der Waals surface area contributed by atoms with Crippen LogP contribution in [0.15, 0.2) is 54.6 Å². The van der Waals surface area contributed by atoms with Gasteiger partial charge in [0.15, 0.2) is 0 Å². The number of carbonyl (C=O) groups is 2. The van der Waals surface area contributed by atoms with Crippen LogP contribution in [0, 0.1) is 0 Å². The molecule has 0 spiro atoms. The summed E-state index contributed by atoms with van der Waals surface area (Å²) in [6.45, 7) is 2.36. The Balaban J connectivity index is 1.99. The Morgan fingerprint density at radius 3 is 2.60 bits per heavy atom. The Morgan fingerprint density at radius 2 is 1.84 bits per heavy atom. The predicted octanol–water partition coefficient (Wildman–Crippen LogP) is 3.19. The summed E-state index contributed by atoms with van der Waals surface area (Å²) >= 11 is 0. The van der Waals surface area contributed by atoms with Gasteiger partial charge in [-0.3, -0.25) is 4.79 Å². The lowest BCUT2D eigenvalue weighted by Crippen LogP contribution is -2.26. The summed E-state index contributed by atoms with van der Waals surface area (Å²) in [6, 6.07) is 15.0. The van der Waals surface area contributed by atoms with Crippen molar-refractivity contribution in [2.24, 2.45) is 0 Å². The van der Waals surface area contributed by atoms with E-state index in [-0.39, 0.29) is 12.5 Å². The summed E-state index contributed by atoms with van der Waals surface area (Å²) < 4.78 is 10.3. The van der Waals surface area contributed by atoms with E-state index in [0.717, 1.165) is 22.6 Å². The Labute approximate surface area is 146 Å². The number of hydrogen-bond donors (Lipinski definition) is 0. The third-order valence-electron chi connectivity index (χ3n) is 4.03. The molecule has 5 nitrogen and oxygen atoms in total. The largest absolute Gasteiger partial charge is 0.496 e. The highest BCUT2D eigenvalue weighted by molar-refractivity contribution is 6.34. The Morgan fingerprint density at radius 1 is 1.12 bits per heavy atom. The summed E-state index contributed by atoms with van der Waals surface area (Å²) in [5.41, 5.74) is 2.75. The van der Waals surface area contributed by atoms with Gasteiger partial charge in [-0.15, -0.1) is 0 Å². The molecule has 0 fully saturated rings. The molecule has 2 aromatic carbocycles. The smallest absolute Gasteiger partial charge is 0.331 e. The summed E-state index contributed by atoms with van der Waals surface area (Å²) in [5, 5.41) is 0. The topological polar surface area (TPSA) is 55.8 Å². The lowest BCUT2D eigenvalue weighted by Gasteiger charge is -2.18. The van der Waals surface area contributed by atoms with Crippen LogP contribution in [0.5, 0.6) is 5.75 Å². The highest BCUT2D eigenvalue weighted by Crippen LogP contribution is 2.38. The number of hydrogen-bond acceptors (Lipinski definition) is 4. The quantitative estimate of drug-likeness (QED) is 0.621. The molecule has 0 aliphatic carbocycles. The van der Waals surface area contributed by atoms with Gasteiger partial charge >= 0.3 is 5.97 Å². The number of carbonyl (C=O) groups excluding carboxylic acids is 2. The number of anilines is 1. The standard InChI is InChI=1S/C20H19NO4/c1-3-25-19(22)12-16-15-9-5-6-10-17(15)21(20(16)23)13-14-8-4-7-11-18(14)24-2/h4-12H,3,13H2,1-2H3/b16-12+. The van der Waals surface area contributed by atoms with Crippen LogP contribution in [-0.2, 0) is 20.9 Å². The van der Waals surface area contributed by atoms with Crippen molar-refractivity contribution in [3.8, 4) is 5.75 Å². The molecule has 1 amide bonds. The zero-order valence-corrected chi connectivity index (χ0v) is 14.2. The average molecular weight is 337 g/mol. The number of methoxy groups -OCH3 is 1. The van der Waals surface area contributed by atoms with Crippen molar-refractivity contribution >= 4 is 23.1 Å². The van der Waals surface area contributed by atoms with Crippen molar-refractivity contribution in [3.05, 3.63) is 65.7 Å². The van der Waals surface area contributed by atoms with Crippen molar-refractivity contribution < 1.29 is 19.1 Å². The molecule has 0 bridgehead atoms. The van der Waals surface area contributed by atoms with Crippen molar-refractivity contribution in [3.63, 3.8) is 0 Å². The van der Waals surface area contributed by atoms with E-state index in [1.807, 2.05) is 48.5 Å². The third-order valence-corrected chi connectivity index (χ3v) is 4.03. The molecular formula is C20H19NO4. The molecular weight excluding hydrogens is 318 g/mol.